The van der Waals surface area contributed by atoms with E-state index in [1.54, 1.807) is 13.0 Å². The topological polar surface area (TPSA) is 108 Å². The van der Waals surface area contributed by atoms with E-state index < -0.39 is 10.0 Å². The van der Waals surface area contributed by atoms with Crippen molar-refractivity contribution in [2.45, 2.75) is 25.2 Å². The van der Waals surface area contributed by atoms with E-state index in [-0.39, 0.29) is 39.7 Å². The molecule has 1 aliphatic rings. The molecule has 0 saturated heterocycles. The van der Waals surface area contributed by atoms with Crippen molar-refractivity contribution in [1.82, 2.24) is 5.16 Å². The molecule has 0 spiro atoms. The first-order chi connectivity index (χ1) is 14.2. The predicted molar refractivity (Wildman–Crippen MR) is 112 cm³/mol. The monoisotopic (exact) mass is 476 g/mol. The number of anilines is 1. The van der Waals surface area contributed by atoms with Crippen LogP contribution in [-0.4, -0.2) is 54.1 Å². The summed E-state index contributed by atoms with van der Waals surface area (Å²) in [4.78, 5) is 13.1. The van der Waals surface area contributed by atoms with Gasteiger partial charge in [-0.25, -0.2) is 0 Å². The maximum absolute atomic E-state index is 13.1. The number of rotatable bonds is 6. The molecule has 0 amide bonds. The van der Waals surface area contributed by atoms with Crippen molar-refractivity contribution in [3.63, 3.8) is 0 Å². The Morgan fingerprint density at radius 3 is 2.63 bits per heavy atom. The number of carbonyl (C=O) groups is 1. The first-order valence-corrected chi connectivity index (χ1v) is 12.5. The second-order valence-corrected chi connectivity index (χ2v) is 11.9. The van der Waals surface area contributed by atoms with Gasteiger partial charge >= 0.3 is 200 Å². The number of nitrogens with one attached hydrogen (secondary N) is 1. The van der Waals surface area contributed by atoms with Crippen LogP contribution < -0.4 is 16.3 Å². The Morgan fingerprint density at radius 1 is 1.27 bits per heavy atom. The molecule has 3 aromatic rings. The summed E-state index contributed by atoms with van der Waals surface area (Å²) < 4.78 is 44.7. The zero-order valence-corrected chi connectivity index (χ0v) is 20.6. The number of Topliss-reactive ketones (excluding diaryl/α,β-unsaturated/α-hetero) is 1. The molecule has 1 N–H and O–H groups in total. The predicted octanol–water partition coefficient (Wildman–Crippen LogP) is 2.76. The average molecular weight is 477 g/mol. The molecule has 0 radical (unpaired) electrons. The number of sulfonamides is 1. The fourth-order valence-corrected chi connectivity index (χ4v) is 6.85. The van der Waals surface area contributed by atoms with Crippen LogP contribution in [-0.2, 0) is 16.4 Å². The molecule has 152 valence electrons. The van der Waals surface area contributed by atoms with E-state index in [4.69, 9.17) is 25.6 Å². The minimum atomic E-state index is -4.09. The number of nitrogens with zero attached hydrogens (tertiary/aromatic N) is 1. The van der Waals surface area contributed by atoms with Crippen LogP contribution >= 0.6 is 22.9 Å². The van der Waals surface area contributed by atoms with Crippen molar-refractivity contribution >= 4 is 74.7 Å². The second-order valence-electron chi connectivity index (χ2n) is 6.80. The Morgan fingerprint density at radius 2 is 1.97 bits per heavy atom. The van der Waals surface area contributed by atoms with Crippen LogP contribution in [0.3, 0.4) is 0 Å². The van der Waals surface area contributed by atoms with Gasteiger partial charge in [-0.3, -0.25) is 0 Å². The zero-order chi connectivity index (χ0) is 21.6. The van der Waals surface area contributed by atoms with Crippen LogP contribution in [0.4, 0.5) is 5.88 Å². The van der Waals surface area contributed by atoms with E-state index in [1.807, 2.05) is 13.0 Å². The molecule has 0 fully saturated rings. The number of hydrogen-bond donors (Lipinski definition) is 1. The molecular weight excluding hydrogens is 463 g/mol. The fraction of sp³-hybridized carbons (Fsp3) is 0.222. The van der Waals surface area contributed by atoms with E-state index in [1.165, 1.54) is 17.4 Å². The van der Waals surface area contributed by atoms with Crippen LogP contribution in [0, 0.1) is 13.8 Å². The van der Waals surface area contributed by atoms with Gasteiger partial charge in [0.1, 0.15) is 0 Å². The van der Waals surface area contributed by atoms with E-state index in [0.29, 0.717) is 45.1 Å². The van der Waals surface area contributed by atoms with E-state index in [0.717, 1.165) is 13.3 Å². The molecule has 3 heterocycles. The van der Waals surface area contributed by atoms with Gasteiger partial charge in [0.25, 0.3) is 0 Å². The second kappa shape index (κ2) is 8.18. The first kappa shape index (κ1) is 21.7. The summed E-state index contributed by atoms with van der Waals surface area (Å²) in [5, 5.41) is 3.71. The van der Waals surface area contributed by atoms with E-state index in [2.05, 4.69) is 9.88 Å². The van der Waals surface area contributed by atoms with Gasteiger partial charge in [-0.05, 0) is 0 Å². The summed E-state index contributed by atoms with van der Waals surface area (Å²) in [6.45, 7) is 3.59. The van der Waals surface area contributed by atoms with Crippen molar-refractivity contribution in [3.05, 3.63) is 44.9 Å². The summed E-state index contributed by atoms with van der Waals surface area (Å²) in [7, 11) is -4.09. The molecule has 12 heteroatoms. The Bertz CT molecular complexity index is 1270. The zero-order valence-electron chi connectivity index (χ0n) is 16.2. The van der Waals surface area contributed by atoms with Gasteiger partial charge < -0.3 is 0 Å². The van der Waals surface area contributed by atoms with Crippen LogP contribution in [0.25, 0.3) is 0 Å². The number of fused-ring (bicyclic) bond motifs is 1. The van der Waals surface area contributed by atoms with Crippen molar-refractivity contribution in [3.8, 4) is 11.5 Å². The van der Waals surface area contributed by atoms with Crippen molar-refractivity contribution in [2.75, 3.05) is 11.5 Å². The van der Waals surface area contributed by atoms with Crippen molar-refractivity contribution in [2.24, 2.45) is 0 Å². The number of ketones is 1. The molecule has 8 nitrogen and oxygen atoms in total. The average Bonchev–Trinajstić information content (AvgIpc) is 3.37. The van der Waals surface area contributed by atoms with E-state index in [9.17, 15) is 13.2 Å². The molecule has 4 rings (SSSR count). The Labute approximate surface area is 199 Å². The first-order valence-electron chi connectivity index (χ1n) is 8.83. The SMILES string of the molecule is Cc1cc2c(cc1CC(=O)c1s[c]([Na])cc1S(=O)(=O)Nc1onc(C)c1Cl)OCO2. The third-order valence-corrected chi connectivity index (χ3v) is 8.49. The van der Waals surface area contributed by atoms with Crippen LogP contribution in [0.5, 0.6) is 11.5 Å². The van der Waals surface area contributed by atoms with Crippen LogP contribution in [0.1, 0.15) is 26.5 Å². The Hall–Kier alpha value is -1.56. The van der Waals surface area contributed by atoms with Gasteiger partial charge in [-0.15, -0.1) is 0 Å². The van der Waals surface area contributed by atoms with E-state index >= 15 is 0 Å². The molecule has 0 atom stereocenters. The summed E-state index contributed by atoms with van der Waals surface area (Å²) in [5.41, 5.74) is 1.97. The van der Waals surface area contributed by atoms with Crippen LogP contribution in [0.15, 0.2) is 27.6 Å². The summed E-state index contributed by atoms with van der Waals surface area (Å²) in [6, 6.07) is 5.08. The number of ether oxygens (including phenoxy) is 2. The number of aromatic nitrogens is 1. The molecule has 30 heavy (non-hydrogen) atoms. The molecule has 0 unspecified atom stereocenters. The van der Waals surface area contributed by atoms with Gasteiger partial charge in [0.15, 0.2) is 0 Å². The minimum absolute atomic E-state index is 0.0364. The standard InChI is InChI=1S/C18H14ClN2O6S2.Na/c1-9-5-13-14(26-8-25-13)7-11(9)6-12(22)17-15(3-4-28-17)29(23,24)21-18-16(19)10(2)20-27-18;/h3,5,7,21H,6,8H2,1-2H3;. The quantitative estimate of drug-likeness (QED) is 0.430. The van der Waals surface area contributed by atoms with Crippen LogP contribution in [0.2, 0.25) is 5.02 Å². The van der Waals surface area contributed by atoms with Gasteiger partial charge in [-0.1, -0.05) is 0 Å². The third-order valence-electron chi connectivity index (χ3n) is 4.56. The normalized spacial score (nSPS) is 13.0. The fourth-order valence-electron chi connectivity index (χ4n) is 3.01. The van der Waals surface area contributed by atoms with Gasteiger partial charge in [0, 0.05) is 0 Å². The maximum atomic E-state index is 13.1. The molecule has 2 aromatic heterocycles. The third kappa shape index (κ3) is 4.12. The molecule has 1 aliphatic heterocycles. The number of hydrogen-bond acceptors (Lipinski definition) is 8. The Kier molecular flexibility index (Phi) is 5.90. The summed E-state index contributed by atoms with van der Waals surface area (Å²) >= 11 is 7.80. The number of carbonyl (C=O) groups excluding carboxylic acids is 1. The van der Waals surface area contributed by atoms with Gasteiger partial charge in [0.05, 0.1) is 0 Å². The number of thiophene rings is 1. The Balaban J connectivity index is 1.64. The van der Waals surface area contributed by atoms with Gasteiger partial charge in [-0.2, -0.15) is 0 Å². The van der Waals surface area contributed by atoms with Gasteiger partial charge in [0.2, 0.25) is 0 Å². The number of aryl methyl sites for hydroxylation is 2. The molecule has 1 aromatic carbocycles. The summed E-state index contributed by atoms with van der Waals surface area (Å²) in [5.74, 6) is 0.723. The van der Waals surface area contributed by atoms with Crippen molar-refractivity contribution < 1.29 is 27.2 Å². The molecule has 0 aliphatic carbocycles. The summed E-state index contributed by atoms with van der Waals surface area (Å²) in [6.07, 6.45) is 0.0364. The molecule has 0 saturated carbocycles. The molecule has 0 bridgehead atoms. The number of halogens is 1. The van der Waals surface area contributed by atoms with Crippen molar-refractivity contribution in [1.29, 1.82) is 0 Å². The molecular formula is C18H14ClN2NaO6S2. The number of benzene rings is 1.